The standard InChI is InChI=1S/C13H19N5/c14-10-11-4-3-5-13-15-12(16-18(11)13)6-9-17-7-1-2-8-17/h3-5H,1-2,6-10,14H2. The summed E-state index contributed by atoms with van der Waals surface area (Å²) in [4.78, 5) is 7.03. The molecule has 1 aliphatic rings. The summed E-state index contributed by atoms with van der Waals surface area (Å²) >= 11 is 0. The topological polar surface area (TPSA) is 59.5 Å². The summed E-state index contributed by atoms with van der Waals surface area (Å²) in [5, 5.41) is 4.54. The third-order valence-electron chi connectivity index (χ3n) is 3.54. The molecule has 0 saturated carbocycles. The molecule has 2 aromatic rings. The number of nitrogens with zero attached hydrogens (tertiary/aromatic N) is 4. The average Bonchev–Trinajstić information content (AvgIpc) is 3.04. The van der Waals surface area contributed by atoms with E-state index in [0.29, 0.717) is 6.54 Å². The lowest BCUT2D eigenvalue weighted by Crippen LogP contribution is -2.22. The fraction of sp³-hybridized carbons (Fsp3) is 0.538. The number of likely N-dealkylation sites (tertiary alicyclic amines) is 1. The number of hydrogen-bond donors (Lipinski definition) is 1. The predicted molar refractivity (Wildman–Crippen MR) is 70.3 cm³/mol. The Hall–Kier alpha value is -1.46. The molecule has 0 radical (unpaired) electrons. The van der Waals surface area contributed by atoms with Gasteiger partial charge >= 0.3 is 0 Å². The van der Waals surface area contributed by atoms with Crippen LogP contribution in [0, 0.1) is 0 Å². The van der Waals surface area contributed by atoms with Crippen molar-refractivity contribution in [1.29, 1.82) is 0 Å². The molecule has 0 aromatic carbocycles. The Morgan fingerprint density at radius 1 is 1.22 bits per heavy atom. The molecule has 3 heterocycles. The first kappa shape index (κ1) is 11.6. The molecule has 0 bridgehead atoms. The number of rotatable bonds is 4. The van der Waals surface area contributed by atoms with Crippen LogP contribution in [-0.2, 0) is 13.0 Å². The Labute approximate surface area is 107 Å². The smallest absolute Gasteiger partial charge is 0.155 e. The number of pyridine rings is 1. The van der Waals surface area contributed by atoms with E-state index in [-0.39, 0.29) is 0 Å². The maximum atomic E-state index is 5.70. The summed E-state index contributed by atoms with van der Waals surface area (Å²) in [6.45, 7) is 4.00. The summed E-state index contributed by atoms with van der Waals surface area (Å²) in [7, 11) is 0. The quantitative estimate of drug-likeness (QED) is 0.866. The third-order valence-corrected chi connectivity index (χ3v) is 3.54. The fourth-order valence-corrected chi connectivity index (χ4v) is 2.53. The van der Waals surface area contributed by atoms with E-state index >= 15 is 0 Å². The second kappa shape index (κ2) is 5.04. The summed E-state index contributed by atoms with van der Waals surface area (Å²) < 4.78 is 1.86. The lowest BCUT2D eigenvalue weighted by molar-refractivity contribution is 0.341. The second-order valence-electron chi connectivity index (χ2n) is 4.82. The van der Waals surface area contributed by atoms with Crippen LogP contribution in [-0.4, -0.2) is 39.1 Å². The van der Waals surface area contributed by atoms with E-state index in [2.05, 4.69) is 15.0 Å². The molecule has 1 saturated heterocycles. The zero-order valence-electron chi connectivity index (χ0n) is 10.5. The highest BCUT2D eigenvalue weighted by atomic mass is 15.3. The molecular formula is C13H19N5. The monoisotopic (exact) mass is 245 g/mol. The first-order valence-corrected chi connectivity index (χ1v) is 6.63. The Balaban J connectivity index is 1.76. The Morgan fingerprint density at radius 3 is 2.83 bits per heavy atom. The zero-order chi connectivity index (χ0) is 12.4. The normalized spacial score (nSPS) is 16.7. The number of fused-ring (bicyclic) bond motifs is 1. The molecule has 1 aliphatic heterocycles. The van der Waals surface area contributed by atoms with Crippen molar-refractivity contribution in [2.24, 2.45) is 5.73 Å². The zero-order valence-corrected chi connectivity index (χ0v) is 10.5. The van der Waals surface area contributed by atoms with Crippen LogP contribution >= 0.6 is 0 Å². The molecule has 0 atom stereocenters. The van der Waals surface area contributed by atoms with Crippen LogP contribution in [0.5, 0.6) is 0 Å². The van der Waals surface area contributed by atoms with Gasteiger partial charge in [0.15, 0.2) is 11.5 Å². The molecule has 96 valence electrons. The van der Waals surface area contributed by atoms with Crippen LogP contribution in [0.3, 0.4) is 0 Å². The van der Waals surface area contributed by atoms with Crippen molar-refractivity contribution < 1.29 is 0 Å². The van der Waals surface area contributed by atoms with E-state index in [0.717, 1.165) is 30.1 Å². The van der Waals surface area contributed by atoms with Gasteiger partial charge in [0.2, 0.25) is 0 Å². The van der Waals surface area contributed by atoms with E-state index in [9.17, 15) is 0 Å². The van der Waals surface area contributed by atoms with Crippen molar-refractivity contribution in [3.8, 4) is 0 Å². The molecule has 0 unspecified atom stereocenters. The Bertz CT molecular complexity index is 527. The third kappa shape index (κ3) is 2.23. The SMILES string of the molecule is NCc1cccc2nc(CCN3CCCC3)nn12. The van der Waals surface area contributed by atoms with Gasteiger partial charge in [-0.1, -0.05) is 6.07 Å². The van der Waals surface area contributed by atoms with Gasteiger partial charge in [-0.05, 0) is 38.1 Å². The largest absolute Gasteiger partial charge is 0.325 e. The van der Waals surface area contributed by atoms with E-state index in [4.69, 9.17) is 5.73 Å². The van der Waals surface area contributed by atoms with Crippen molar-refractivity contribution in [2.75, 3.05) is 19.6 Å². The molecular weight excluding hydrogens is 226 g/mol. The minimum absolute atomic E-state index is 0.492. The van der Waals surface area contributed by atoms with Gasteiger partial charge in [-0.2, -0.15) is 5.10 Å². The summed E-state index contributed by atoms with van der Waals surface area (Å²) in [6, 6.07) is 5.95. The van der Waals surface area contributed by atoms with Gasteiger partial charge in [-0.15, -0.1) is 0 Å². The van der Waals surface area contributed by atoms with Crippen molar-refractivity contribution in [3.63, 3.8) is 0 Å². The first-order valence-electron chi connectivity index (χ1n) is 6.63. The van der Waals surface area contributed by atoms with E-state index in [1.165, 1.54) is 25.9 Å². The number of hydrogen-bond acceptors (Lipinski definition) is 4. The van der Waals surface area contributed by atoms with Crippen molar-refractivity contribution in [1.82, 2.24) is 19.5 Å². The maximum absolute atomic E-state index is 5.70. The van der Waals surface area contributed by atoms with Gasteiger partial charge in [0, 0.05) is 19.5 Å². The molecule has 5 nitrogen and oxygen atoms in total. The van der Waals surface area contributed by atoms with E-state index < -0.39 is 0 Å². The minimum atomic E-state index is 0.492. The van der Waals surface area contributed by atoms with Crippen LogP contribution < -0.4 is 5.73 Å². The van der Waals surface area contributed by atoms with Gasteiger partial charge in [0.25, 0.3) is 0 Å². The molecule has 0 spiro atoms. The minimum Gasteiger partial charge on any atom is -0.325 e. The van der Waals surface area contributed by atoms with Crippen molar-refractivity contribution >= 4 is 5.65 Å². The van der Waals surface area contributed by atoms with Crippen LogP contribution in [0.15, 0.2) is 18.2 Å². The Morgan fingerprint density at radius 2 is 2.06 bits per heavy atom. The second-order valence-corrected chi connectivity index (χ2v) is 4.82. The van der Waals surface area contributed by atoms with Gasteiger partial charge in [-0.3, -0.25) is 0 Å². The van der Waals surface area contributed by atoms with Crippen LogP contribution in [0.1, 0.15) is 24.4 Å². The summed E-state index contributed by atoms with van der Waals surface area (Å²) in [5.41, 5.74) is 7.61. The van der Waals surface area contributed by atoms with Gasteiger partial charge in [0.05, 0.1) is 5.69 Å². The molecule has 1 fully saturated rings. The molecule has 5 heteroatoms. The highest BCUT2D eigenvalue weighted by Gasteiger charge is 2.13. The Kier molecular flexibility index (Phi) is 3.25. The highest BCUT2D eigenvalue weighted by molar-refractivity contribution is 5.38. The van der Waals surface area contributed by atoms with Gasteiger partial charge in [-0.25, -0.2) is 9.50 Å². The van der Waals surface area contributed by atoms with E-state index in [1.54, 1.807) is 0 Å². The molecule has 3 rings (SSSR count). The van der Waals surface area contributed by atoms with E-state index in [1.807, 2.05) is 22.7 Å². The molecule has 2 aromatic heterocycles. The highest BCUT2D eigenvalue weighted by Crippen LogP contribution is 2.09. The molecule has 18 heavy (non-hydrogen) atoms. The van der Waals surface area contributed by atoms with Gasteiger partial charge in [0.1, 0.15) is 0 Å². The molecule has 0 amide bonds. The average molecular weight is 245 g/mol. The van der Waals surface area contributed by atoms with Crippen LogP contribution in [0.4, 0.5) is 0 Å². The predicted octanol–water partition coefficient (Wildman–Crippen LogP) is 0.826. The molecule has 2 N–H and O–H groups in total. The lowest BCUT2D eigenvalue weighted by atomic mass is 10.3. The van der Waals surface area contributed by atoms with Crippen molar-refractivity contribution in [2.45, 2.75) is 25.8 Å². The first-order chi connectivity index (χ1) is 8.86. The summed E-state index contributed by atoms with van der Waals surface area (Å²) in [6.07, 6.45) is 3.58. The maximum Gasteiger partial charge on any atom is 0.155 e. The van der Waals surface area contributed by atoms with Gasteiger partial charge < -0.3 is 10.6 Å². The number of nitrogens with two attached hydrogens (primary N) is 1. The molecule has 0 aliphatic carbocycles. The summed E-state index contributed by atoms with van der Waals surface area (Å²) in [5.74, 6) is 0.919. The fourth-order valence-electron chi connectivity index (χ4n) is 2.53. The van der Waals surface area contributed by atoms with Crippen LogP contribution in [0.25, 0.3) is 5.65 Å². The number of aromatic nitrogens is 3. The lowest BCUT2D eigenvalue weighted by Gasteiger charge is -2.12. The van der Waals surface area contributed by atoms with Crippen molar-refractivity contribution in [3.05, 3.63) is 29.7 Å². The van der Waals surface area contributed by atoms with Crippen LogP contribution in [0.2, 0.25) is 0 Å².